The quantitative estimate of drug-likeness (QED) is 0.317. The van der Waals surface area contributed by atoms with Crippen LogP contribution >= 0.6 is 35.7 Å². The Labute approximate surface area is 194 Å². The number of aromatic nitrogens is 1. The number of aryl methyl sites for hydroxylation is 1. The van der Waals surface area contributed by atoms with Crippen LogP contribution in [0, 0.1) is 6.92 Å². The average Bonchev–Trinajstić information content (AvgIpc) is 3.19. The Morgan fingerprint density at radius 3 is 2.59 bits per heavy atom. The fourth-order valence-electron chi connectivity index (χ4n) is 3.28. The Morgan fingerprint density at radius 1 is 1.21 bits per heavy atom. The fourth-order valence-corrected chi connectivity index (χ4v) is 4.52. The number of nitrogens with one attached hydrogen (secondary N) is 2. The van der Waals surface area contributed by atoms with Gasteiger partial charge in [0.1, 0.15) is 6.26 Å². The molecule has 0 spiro atoms. The van der Waals surface area contributed by atoms with Gasteiger partial charge in [-0.05, 0) is 37.7 Å². The third-order valence-electron chi connectivity index (χ3n) is 4.94. The second-order valence-electron chi connectivity index (χ2n) is 7.02. The number of ether oxygens (including phenoxy) is 1. The summed E-state index contributed by atoms with van der Waals surface area (Å²) >= 11 is 2.02. The van der Waals surface area contributed by atoms with Crippen LogP contribution < -0.4 is 10.6 Å². The average molecular weight is 530 g/mol. The first-order valence-corrected chi connectivity index (χ1v) is 10.8. The standard InChI is InChI=1S/C21H30N4O2S.HI/c1-4-28-21(9-11-26-12-10-21)15-24-20(22-3)23-13-18-14-27-19(25-18)17-7-5-16(2)6-8-17;/h5-8,14H,4,9-13,15H2,1-3H3,(H2,22,23,24);1H. The second-order valence-corrected chi connectivity index (χ2v) is 8.75. The zero-order chi connectivity index (χ0) is 19.8. The fraction of sp³-hybridized carbons (Fsp3) is 0.524. The molecule has 2 N–H and O–H groups in total. The highest BCUT2D eigenvalue weighted by Crippen LogP contribution is 2.34. The lowest BCUT2D eigenvalue weighted by Crippen LogP contribution is -2.48. The molecule has 1 saturated heterocycles. The summed E-state index contributed by atoms with van der Waals surface area (Å²) in [5.74, 6) is 2.52. The van der Waals surface area contributed by atoms with Crippen molar-refractivity contribution in [3.8, 4) is 11.5 Å². The zero-order valence-corrected chi connectivity index (χ0v) is 20.5. The number of rotatable bonds is 7. The van der Waals surface area contributed by atoms with Gasteiger partial charge in [-0.3, -0.25) is 4.99 Å². The Bertz CT molecular complexity index is 768. The van der Waals surface area contributed by atoms with Crippen LogP contribution in [0.5, 0.6) is 0 Å². The number of guanidine groups is 1. The maximum atomic E-state index is 5.63. The molecule has 3 rings (SSSR count). The van der Waals surface area contributed by atoms with Gasteiger partial charge in [0, 0.05) is 37.1 Å². The number of nitrogens with zero attached hydrogens (tertiary/aromatic N) is 2. The Morgan fingerprint density at radius 2 is 1.93 bits per heavy atom. The SMILES string of the molecule is CCSC1(CNC(=NC)NCc2coc(-c3ccc(C)cc3)n2)CCOCC1.I. The van der Waals surface area contributed by atoms with Crippen LogP contribution in [0.15, 0.2) is 39.9 Å². The number of benzene rings is 1. The first kappa shape index (κ1) is 24.0. The van der Waals surface area contributed by atoms with E-state index in [-0.39, 0.29) is 28.7 Å². The van der Waals surface area contributed by atoms with Crippen LogP contribution in [0.1, 0.15) is 31.0 Å². The number of aliphatic imine (C=N–C) groups is 1. The normalized spacial score (nSPS) is 16.2. The monoisotopic (exact) mass is 530 g/mol. The molecule has 6 nitrogen and oxygen atoms in total. The molecule has 29 heavy (non-hydrogen) atoms. The first-order chi connectivity index (χ1) is 13.6. The van der Waals surface area contributed by atoms with Crippen molar-refractivity contribution in [3.63, 3.8) is 0 Å². The molecule has 0 atom stereocenters. The van der Waals surface area contributed by atoms with Gasteiger partial charge in [-0.1, -0.05) is 24.6 Å². The molecule has 2 heterocycles. The van der Waals surface area contributed by atoms with Gasteiger partial charge >= 0.3 is 0 Å². The van der Waals surface area contributed by atoms with Crippen molar-refractivity contribution >= 4 is 41.7 Å². The lowest BCUT2D eigenvalue weighted by molar-refractivity contribution is 0.0782. The van der Waals surface area contributed by atoms with Gasteiger partial charge in [-0.15, -0.1) is 24.0 Å². The summed E-state index contributed by atoms with van der Waals surface area (Å²) < 4.78 is 11.4. The van der Waals surface area contributed by atoms with E-state index in [4.69, 9.17) is 9.15 Å². The van der Waals surface area contributed by atoms with E-state index in [1.807, 2.05) is 23.9 Å². The van der Waals surface area contributed by atoms with Crippen LogP contribution in [-0.4, -0.2) is 48.2 Å². The topological polar surface area (TPSA) is 71.7 Å². The van der Waals surface area contributed by atoms with Gasteiger partial charge in [0.05, 0.1) is 12.2 Å². The highest BCUT2D eigenvalue weighted by molar-refractivity contribution is 14.0. The van der Waals surface area contributed by atoms with Crippen molar-refractivity contribution in [3.05, 3.63) is 41.8 Å². The van der Waals surface area contributed by atoms with Crippen molar-refractivity contribution in [1.82, 2.24) is 15.6 Å². The summed E-state index contributed by atoms with van der Waals surface area (Å²) in [5.41, 5.74) is 3.05. The summed E-state index contributed by atoms with van der Waals surface area (Å²) in [4.78, 5) is 8.93. The molecule has 1 aromatic heterocycles. The third-order valence-corrected chi connectivity index (χ3v) is 6.40. The lowest BCUT2D eigenvalue weighted by Gasteiger charge is -2.37. The van der Waals surface area contributed by atoms with Crippen molar-refractivity contribution in [2.24, 2.45) is 4.99 Å². The third kappa shape index (κ3) is 6.89. The summed E-state index contributed by atoms with van der Waals surface area (Å²) in [7, 11) is 1.79. The highest BCUT2D eigenvalue weighted by atomic mass is 127. The van der Waals surface area contributed by atoms with E-state index < -0.39 is 0 Å². The summed E-state index contributed by atoms with van der Waals surface area (Å²) in [6, 6.07) is 8.17. The van der Waals surface area contributed by atoms with Crippen molar-refractivity contribution in [1.29, 1.82) is 0 Å². The van der Waals surface area contributed by atoms with Gasteiger partial charge in [-0.2, -0.15) is 11.8 Å². The minimum Gasteiger partial charge on any atom is -0.444 e. The molecule has 0 amide bonds. The predicted octanol–water partition coefficient (Wildman–Crippen LogP) is 4.24. The summed E-state index contributed by atoms with van der Waals surface area (Å²) in [6.07, 6.45) is 3.83. The maximum Gasteiger partial charge on any atom is 0.226 e. The number of hydrogen-bond donors (Lipinski definition) is 2. The van der Waals surface area contributed by atoms with Gasteiger partial charge < -0.3 is 19.8 Å². The van der Waals surface area contributed by atoms with Crippen LogP contribution in [0.3, 0.4) is 0 Å². The molecule has 0 radical (unpaired) electrons. The largest absolute Gasteiger partial charge is 0.444 e. The van der Waals surface area contributed by atoms with Crippen LogP contribution in [0.2, 0.25) is 0 Å². The molecular weight excluding hydrogens is 499 g/mol. The van der Waals surface area contributed by atoms with Crippen molar-refractivity contribution in [2.75, 3.05) is 32.6 Å². The second kappa shape index (κ2) is 11.8. The predicted molar refractivity (Wildman–Crippen MR) is 131 cm³/mol. The van der Waals surface area contributed by atoms with Crippen LogP contribution in [-0.2, 0) is 11.3 Å². The summed E-state index contributed by atoms with van der Waals surface area (Å²) in [5, 5.41) is 6.82. The van der Waals surface area contributed by atoms with E-state index in [1.165, 1.54) is 5.56 Å². The molecule has 2 aromatic rings. The number of thioether (sulfide) groups is 1. The Hall–Kier alpha value is -1.26. The summed E-state index contributed by atoms with van der Waals surface area (Å²) in [6.45, 7) is 7.39. The Kier molecular flexibility index (Phi) is 9.78. The van der Waals surface area contributed by atoms with Gasteiger partial charge in [0.25, 0.3) is 0 Å². The molecule has 0 unspecified atom stereocenters. The molecule has 0 saturated carbocycles. The van der Waals surface area contributed by atoms with Crippen molar-refractivity contribution in [2.45, 2.75) is 38.0 Å². The van der Waals surface area contributed by atoms with Crippen LogP contribution in [0.4, 0.5) is 0 Å². The van der Waals surface area contributed by atoms with E-state index in [0.717, 1.165) is 55.6 Å². The van der Waals surface area contributed by atoms with E-state index in [9.17, 15) is 0 Å². The first-order valence-electron chi connectivity index (χ1n) is 9.82. The highest BCUT2D eigenvalue weighted by Gasteiger charge is 2.32. The molecule has 1 aromatic carbocycles. The molecular formula is C21H31IN4O2S. The number of oxazole rings is 1. The smallest absolute Gasteiger partial charge is 0.226 e. The Balaban J connectivity index is 0.00000300. The molecule has 1 aliphatic rings. The minimum absolute atomic E-state index is 0. The molecule has 0 aliphatic carbocycles. The van der Waals surface area contributed by atoms with Gasteiger partial charge in [-0.25, -0.2) is 4.98 Å². The minimum atomic E-state index is 0. The molecule has 0 bridgehead atoms. The van der Waals surface area contributed by atoms with Gasteiger partial charge in [0.15, 0.2) is 5.96 Å². The van der Waals surface area contributed by atoms with Crippen molar-refractivity contribution < 1.29 is 9.15 Å². The van der Waals surface area contributed by atoms with E-state index in [0.29, 0.717) is 12.4 Å². The lowest BCUT2D eigenvalue weighted by atomic mass is 9.99. The molecule has 160 valence electrons. The van der Waals surface area contributed by atoms with E-state index >= 15 is 0 Å². The molecule has 1 fully saturated rings. The number of hydrogen-bond acceptors (Lipinski definition) is 5. The van der Waals surface area contributed by atoms with Crippen LogP contribution in [0.25, 0.3) is 11.5 Å². The maximum absolute atomic E-state index is 5.63. The van der Waals surface area contributed by atoms with E-state index in [2.05, 4.69) is 46.6 Å². The molecule has 1 aliphatic heterocycles. The van der Waals surface area contributed by atoms with E-state index in [1.54, 1.807) is 13.3 Å². The number of halogens is 1. The van der Waals surface area contributed by atoms with Gasteiger partial charge in [0.2, 0.25) is 5.89 Å². The zero-order valence-electron chi connectivity index (χ0n) is 17.4. The molecule has 8 heteroatoms.